The van der Waals surface area contributed by atoms with Crippen LogP contribution in [0.2, 0.25) is 0 Å². The largest absolute Gasteiger partial charge is 0.334 e. The summed E-state index contributed by atoms with van der Waals surface area (Å²) in [5.74, 6) is 0.628. The van der Waals surface area contributed by atoms with E-state index in [0.29, 0.717) is 5.88 Å². The van der Waals surface area contributed by atoms with Gasteiger partial charge in [-0.15, -0.1) is 11.6 Å². The summed E-state index contributed by atoms with van der Waals surface area (Å²) in [7, 11) is 0. The van der Waals surface area contributed by atoms with Crippen molar-refractivity contribution in [1.82, 2.24) is 4.90 Å². The van der Waals surface area contributed by atoms with Crippen LogP contribution in [0.15, 0.2) is 28.7 Å². The van der Waals surface area contributed by atoms with Gasteiger partial charge >= 0.3 is 0 Å². The first kappa shape index (κ1) is 13.9. The molecule has 98 valence electrons. The topological polar surface area (TPSA) is 20.3 Å². The normalized spacial score (nSPS) is 20.6. The lowest BCUT2D eigenvalue weighted by atomic mass is 10.1. The molecule has 0 N–H and O–H groups in total. The number of likely N-dealkylation sites (tertiary alicyclic amines) is 1. The fourth-order valence-corrected chi connectivity index (χ4v) is 3.11. The molecule has 4 heteroatoms. The quantitative estimate of drug-likeness (QED) is 0.748. The highest BCUT2D eigenvalue weighted by atomic mass is 79.9. The van der Waals surface area contributed by atoms with E-state index in [1.54, 1.807) is 0 Å². The maximum Gasteiger partial charge on any atom is 0.254 e. The number of benzene rings is 1. The maximum atomic E-state index is 12.5. The van der Waals surface area contributed by atoms with Crippen LogP contribution in [0.5, 0.6) is 0 Å². The molecule has 0 saturated carbocycles. The summed E-state index contributed by atoms with van der Waals surface area (Å²) >= 11 is 9.41. The minimum Gasteiger partial charge on any atom is -0.334 e. The molecule has 1 atom stereocenters. The molecule has 1 aliphatic heterocycles. The Morgan fingerprint density at radius 3 is 2.94 bits per heavy atom. The van der Waals surface area contributed by atoms with Crippen LogP contribution < -0.4 is 0 Å². The number of carbonyl (C=O) groups is 1. The van der Waals surface area contributed by atoms with Crippen molar-refractivity contribution in [3.05, 3.63) is 34.3 Å². The Bertz CT molecular complexity index is 424. The van der Waals surface area contributed by atoms with Crippen LogP contribution in [0.25, 0.3) is 0 Å². The smallest absolute Gasteiger partial charge is 0.254 e. The van der Waals surface area contributed by atoms with Gasteiger partial charge in [0.1, 0.15) is 0 Å². The van der Waals surface area contributed by atoms with Gasteiger partial charge in [-0.1, -0.05) is 34.8 Å². The zero-order chi connectivity index (χ0) is 13.0. The Balaban J connectivity index is 2.19. The standard InChI is InChI=1S/C14H17BrClNO/c15-12-6-4-5-11(9-12)14(18)17-8-3-1-2-7-13(17)10-16/h4-6,9,13H,1-3,7-8,10H2. The second kappa shape index (κ2) is 6.58. The second-order valence-corrected chi connectivity index (χ2v) is 5.89. The average molecular weight is 331 g/mol. The molecular weight excluding hydrogens is 314 g/mol. The second-order valence-electron chi connectivity index (χ2n) is 4.67. The fraction of sp³-hybridized carbons (Fsp3) is 0.500. The van der Waals surface area contributed by atoms with E-state index in [4.69, 9.17) is 11.6 Å². The van der Waals surface area contributed by atoms with Crippen LogP contribution in [0.3, 0.4) is 0 Å². The van der Waals surface area contributed by atoms with Gasteiger partial charge in [0.2, 0.25) is 0 Å². The third-order valence-electron chi connectivity index (χ3n) is 3.39. The lowest BCUT2D eigenvalue weighted by Crippen LogP contribution is -2.41. The van der Waals surface area contributed by atoms with Gasteiger partial charge in [0.05, 0.1) is 0 Å². The van der Waals surface area contributed by atoms with E-state index in [1.165, 1.54) is 12.8 Å². The highest BCUT2D eigenvalue weighted by molar-refractivity contribution is 9.10. The lowest BCUT2D eigenvalue weighted by Gasteiger charge is -2.28. The molecule has 0 radical (unpaired) electrons. The van der Waals surface area contributed by atoms with Gasteiger partial charge < -0.3 is 4.90 Å². The number of amides is 1. The predicted molar refractivity (Wildman–Crippen MR) is 78.2 cm³/mol. The van der Waals surface area contributed by atoms with Crippen molar-refractivity contribution in [2.75, 3.05) is 12.4 Å². The molecule has 1 heterocycles. The molecule has 0 bridgehead atoms. The Labute approximate surface area is 121 Å². The van der Waals surface area contributed by atoms with Crippen molar-refractivity contribution >= 4 is 33.4 Å². The van der Waals surface area contributed by atoms with E-state index in [2.05, 4.69) is 15.9 Å². The Morgan fingerprint density at radius 2 is 2.22 bits per heavy atom. The fourth-order valence-electron chi connectivity index (χ4n) is 2.39. The molecule has 1 fully saturated rings. The van der Waals surface area contributed by atoms with Gasteiger partial charge in [-0.25, -0.2) is 0 Å². The monoisotopic (exact) mass is 329 g/mol. The van der Waals surface area contributed by atoms with E-state index >= 15 is 0 Å². The summed E-state index contributed by atoms with van der Waals surface area (Å²) in [6, 6.07) is 7.74. The Morgan fingerprint density at radius 1 is 1.39 bits per heavy atom. The molecule has 1 saturated heterocycles. The van der Waals surface area contributed by atoms with Gasteiger partial charge in [-0.3, -0.25) is 4.79 Å². The van der Waals surface area contributed by atoms with E-state index in [1.807, 2.05) is 29.2 Å². The van der Waals surface area contributed by atoms with Gasteiger partial charge in [0, 0.05) is 28.5 Å². The van der Waals surface area contributed by atoms with Gasteiger partial charge in [-0.2, -0.15) is 0 Å². The van der Waals surface area contributed by atoms with Crippen LogP contribution in [0.4, 0.5) is 0 Å². The number of carbonyl (C=O) groups excluding carboxylic acids is 1. The number of hydrogen-bond donors (Lipinski definition) is 0. The molecule has 1 aromatic rings. The van der Waals surface area contributed by atoms with Gasteiger partial charge in [0.25, 0.3) is 5.91 Å². The van der Waals surface area contributed by atoms with Crippen molar-refractivity contribution in [2.24, 2.45) is 0 Å². The van der Waals surface area contributed by atoms with Crippen LogP contribution in [0, 0.1) is 0 Å². The molecular formula is C14H17BrClNO. The van der Waals surface area contributed by atoms with E-state index in [-0.39, 0.29) is 11.9 Å². The molecule has 0 aromatic heterocycles. The zero-order valence-corrected chi connectivity index (χ0v) is 12.6. The minimum absolute atomic E-state index is 0.101. The van der Waals surface area contributed by atoms with Crippen LogP contribution in [0.1, 0.15) is 36.0 Å². The highest BCUT2D eigenvalue weighted by Crippen LogP contribution is 2.21. The van der Waals surface area contributed by atoms with Crippen LogP contribution in [-0.4, -0.2) is 29.3 Å². The average Bonchev–Trinajstić information content (AvgIpc) is 2.62. The summed E-state index contributed by atoms with van der Waals surface area (Å²) in [5.41, 5.74) is 0.737. The molecule has 0 aliphatic carbocycles. The molecule has 1 aliphatic rings. The number of rotatable bonds is 2. The minimum atomic E-state index is 0.101. The van der Waals surface area contributed by atoms with Crippen molar-refractivity contribution < 1.29 is 4.79 Å². The first-order valence-electron chi connectivity index (χ1n) is 6.35. The molecule has 2 nitrogen and oxygen atoms in total. The molecule has 1 amide bonds. The molecule has 18 heavy (non-hydrogen) atoms. The van der Waals surface area contributed by atoms with Gasteiger partial charge in [0.15, 0.2) is 0 Å². The Hall–Kier alpha value is -0.540. The zero-order valence-electron chi connectivity index (χ0n) is 10.2. The van der Waals surface area contributed by atoms with E-state index in [0.717, 1.165) is 29.4 Å². The summed E-state index contributed by atoms with van der Waals surface area (Å²) in [6.07, 6.45) is 4.45. The maximum absolute atomic E-state index is 12.5. The van der Waals surface area contributed by atoms with Crippen molar-refractivity contribution in [1.29, 1.82) is 0 Å². The molecule has 1 unspecified atom stereocenters. The first-order chi connectivity index (χ1) is 8.72. The SMILES string of the molecule is O=C(c1cccc(Br)c1)N1CCCCCC1CCl. The van der Waals surface area contributed by atoms with Crippen LogP contribution >= 0.6 is 27.5 Å². The summed E-state index contributed by atoms with van der Waals surface area (Å²) in [4.78, 5) is 14.5. The van der Waals surface area contributed by atoms with Crippen LogP contribution in [-0.2, 0) is 0 Å². The van der Waals surface area contributed by atoms with Gasteiger partial charge in [-0.05, 0) is 31.0 Å². The number of hydrogen-bond acceptors (Lipinski definition) is 1. The predicted octanol–water partition coefficient (Wildman–Crippen LogP) is 4.07. The van der Waals surface area contributed by atoms with Crippen molar-refractivity contribution in [3.63, 3.8) is 0 Å². The number of halogens is 2. The van der Waals surface area contributed by atoms with Crippen molar-refractivity contribution in [3.8, 4) is 0 Å². The molecule has 2 rings (SSSR count). The highest BCUT2D eigenvalue weighted by Gasteiger charge is 2.25. The third-order valence-corrected chi connectivity index (χ3v) is 4.24. The molecule has 1 aromatic carbocycles. The lowest BCUT2D eigenvalue weighted by molar-refractivity contribution is 0.0700. The summed E-state index contributed by atoms with van der Waals surface area (Å²) in [5, 5.41) is 0. The summed E-state index contributed by atoms with van der Waals surface area (Å²) in [6.45, 7) is 0.822. The van der Waals surface area contributed by atoms with E-state index in [9.17, 15) is 4.79 Å². The Kier molecular flexibility index (Phi) is 5.07. The first-order valence-corrected chi connectivity index (χ1v) is 7.67. The van der Waals surface area contributed by atoms with E-state index < -0.39 is 0 Å². The summed E-state index contributed by atoms with van der Waals surface area (Å²) < 4.78 is 0.936. The molecule has 0 spiro atoms. The third kappa shape index (κ3) is 3.27. The van der Waals surface area contributed by atoms with Crippen molar-refractivity contribution in [2.45, 2.75) is 31.7 Å². The number of nitrogens with zero attached hydrogens (tertiary/aromatic N) is 1. The number of alkyl halides is 1.